The van der Waals surface area contributed by atoms with Crippen molar-refractivity contribution in [1.82, 2.24) is 0 Å². The van der Waals surface area contributed by atoms with Gasteiger partial charge in [-0.3, -0.25) is 0 Å². The fraction of sp³-hybridized carbons (Fsp3) is 0.750. The Kier molecular flexibility index (Phi) is 3.55. The largest absolute Gasteiger partial charge is 0.325 e. The maximum atomic E-state index is 5.55. The number of allylic oxidation sites excluding steroid dienone is 1. The molecule has 0 aliphatic heterocycles. The van der Waals surface area contributed by atoms with E-state index in [0.29, 0.717) is 5.92 Å². The molecule has 0 aromatic heterocycles. The van der Waals surface area contributed by atoms with Crippen molar-refractivity contribution >= 4 is 0 Å². The summed E-state index contributed by atoms with van der Waals surface area (Å²) in [6, 6.07) is 0.201. The van der Waals surface area contributed by atoms with E-state index < -0.39 is 0 Å². The first-order valence-electron chi connectivity index (χ1n) is 3.48. The number of nitrogens with two attached hydrogens (primary N) is 1. The van der Waals surface area contributed by atoms with Crippen molar-refractivity contribution in [2.45, 2.75) is 33.7 Å². The molecule has 0 radical (unpaired) electrons. The van der Waals surface area contributed by atoms with Gasteiger partial charge in [0, 0.05) is 6.04 Å². The highest BCUT2D eigenvalue weighted by molar-refractivity contribution is 5.04. The van der Waals surface area contributed by atoms with Crippen LogP contribution in [0.5, 0.6) is 0 Å². The van der Waals surface area contributed by atoms with Crippen LogP contribution in [-0.2, 0) is 0 Å². The van der Waals surface area contributed by atoms with Crippen molar-refractivity contribution in [3.8, 4) is 0 Å². The zero-order valence-electron chi connectivity index (χ0n) is 6.81. The van der Waals surface area contributed by atoms with Gasteiger partial charge < -0.3 is 5.73 Å². The van der Waals surface area contributed by atoms with E-state index in [0.717, 1.165) is 0 Å². The summed E-state index contributed by atoms with van der Waals surface area (Å²) >= 11 is 0. The summed E-state index contributed by atoms with van der Waals surface area (Å²) in [6.45, 7) is 8.46. The third-order valence-corrected chi connectivity index (χ3v) is 1.44. The zero-order valence-corrected chi connectivity index (χ0v) is 6.81. The van der Waals surface area contributed by atoms with Crippen LogP contribution in [0.1, 0.15) is 27.7 Å². The summed E-state index contributed by atoms with van der Waals surface area (Å²) in [4.78, 5) is 0. The van der Waals surface area contributed by atoms with E-state index in [1.54, 1.807) is 0 Å². The van der Waals surface area contributed by atoms with Crippen molar-refractivity contribution in [3.05, 3.63) is 11.6 Å². The molecule has 0 aromatic rings. The summed E-state index contributed by atoms with van der Waals surface area (Å²) < 4.78 is 0. The molecular weight excluding hydrogens is 110 g/mol. The minimum Gasteiger partial charge on any atom is -0.325 e. The Hall–Kier alpha value is -0.300. The van der Waals surface area contributed by atoms with Crippen LogP contribution in [0.4, 0.5) is 0 Å². The van der Waals surface area contributed by atoms with E-state index in [1.165, 1.54) is 5.57 Å². The molecule has 2 N–H and O–H groups in total. The minimum atomic E-state index is 0.201. The molecule has 0 saturated carbocycles. The Labute approximate surface area is 57.9 Å². The highest BCUT2D eigenvalue weighted by Gasteiger charge is 1.95. The lowest BCUT2D eigenvalue weighted by Crippen LogP contribution is -2.12. The quantitative estimate of drug-likeness (QED) is 0.564. The van der Waals surface area contributed by atoms with Crippen LogP contribution < -0.4 is 5.73 Å². The normalized spacial score (nSPS) is 16.4. The molecule has 1 unspecified atom stereocenters. The number of hydrogen-bond donors (Lipinski definition) is 1. The molecule has 0 bridgehead atoms. The van der Waals surface area contributed by atoms with Crippen LogP contribution >= 0.6 is 0 Å². The monoisotopic (exact) mass is 127 g/mol. The van der Waals surface area contributed by atoms with Gasteiger partial charge in [0.05, 0.1) is 0 Å². The third kappa shape index (κ3) is 4.22. The van der Waals surface area contributed by atoms with Gasteiger partial charge in [-0.15, -0.1) is 0 Å². The number of hydrogen-bond acceptors (Lipinski definition) is 1. The van der Waals surface area contributed by atoms with E-state index in [9.17, 15) is 0 Å². The van der Waals surface area contributed by atoms with Gasteiger partial charge in [-0.05, 0) is 19.8 Å². The van der Waals surface area contributed by atoms with E-state index in [4.69, 9.17) is 5.73 Å². The SMILES string of the molecule is C/C(=C\C(C)N)C(C)C. The third-order valence-electron chi connectivity index (χ3n) is 1.44. The molecule has 54 valence electrons. The first-order chi connectivity index (χ1) is 4.04. The van der Waals surface area contributed by atoms with E-state index in [-0.39, 0.29) is 6.04 Å². The predicted molar refractivity (Wildman–Crippen MR) is 42.2 cm³/mol. The summed E-state index contributed by atoms with van der Waals surface area (Å²) in [5, 5.41) is 0. The molecule has 0 heterocycles. The van der Waals surface area contributed by atoms with E-state index in [1.807, 2.05) is 6.92 Å². The van der Waals surface area contributed by atoms with Crippen molar-refractivity contribution in [1.29, 1.82) is 0 Å². The molecule has 0 saturated heterocycles. The van der Waals surface area contributed by atoms with Crippen molar-refractivity contribution in [2.24, 2.45) is 11.7 Å². The molecule has 0 fully saturated rings. The summed E-state index contributed by atoms with van der Waals surface area (Å²) in [6.07, 6.45) is 2.10. The molecule has 1 nitrogen and oxygen atoms in total. The van der Waals surface area contributed by atoms with Crippen LogP contribution in [0.25, 0.3) is 0 Å². The number of rotatable bonds is 2. The fourth-order valence-corrected chi connectivity index (χ4v) is 0.607. The Balaban J connectivity index is 3.84. The highest BCUT2D eigenvalue weighted by Crippen LogP contribution is 2.07. The summed E-state index contributed by atoms with van der Waals surface area (Å²) in [7, 11) is 0. The van der Waals surface area contributed by atoms with Gasteiger partial charge in [-0.25, -0.2) is 0 Å². The molecule has 0 spiro atoms. The summed E-state index contributed by atoms with van der Waals surface area (Å²) in [5.41, 5.74) is 6.93. The molecule has 1 atom stereocenters. The van der Waals surface area contributed by atoms with Crippen molar-refractivity contribution in [2.75, 3.05) is 0 Å². The highest BCUT2D eigenvalue weighted by atomic mass is 14.6. The Morgan fingerprint density at radius 2 is 1.78 bits per heavy atom. The van der Waals surface area contributed by atoms with E-state index in [2.05, 4.69) is 26.8 Å². The van der Waals surface area contributed by atoms with Crippen LogP contribution in [0.2, 0.25) is 0 Å². The Morgan fingerprint density at radius 1 is 1.33 bits per heavy atom. The van der Waals surface area contributed by atoms with Crippen LogP contribution in [0.15, 0.2) is 11.6 Å². The Bertz CT molecular complexity index is 101. The van der Waals surface area contributed by atoms with Gasteiger partial charge in [-0.1, -0.05) is 25.5 Å². The van der Waals surface area contributed by atoms with Crippen LogP contribution in [-0.4, -0.2) is 6.04 Å². The second kappa shape index (κ2) is 3.67. The van der Waals surface area contributed by atoms with Crippen LogP contribution in [0, 0.1) is 5.92 Å². The smallest absolute Gasteiger partial charge is 0.0197 e. The molecule has 0 aromatic carbocycles. The minimum absolute atomic E-state index is 0.201. The second-order valence-corrected chi connectivity index (χ2v) is 2.92. The molecule has 0 aliphatic carbocycles. The maximum Gasteiger partial charge on any atom is 0.0197 e. The van der Waals surface area contributed by atoms with E-state index >= 15 is 0 Å². The first-order valence-corrected chi connectivity index (χ1v) is 3.48. The lowest BCUT2D eigenvalue weighted by molar-refractivity contribution is 0.751. The zero-order chi connectivity index (χ0) is 7.44. The average Bonchev–Trinajstić information content (AvgIpc) is 1.63. The van der Waals surface area contributed by atoms with Crippen molar-refractivity contribution in [3.63, 3.8) is 0 Å². The maximum absolute atomic E-state index is 5.55. The molecule has 9 heavy (non-hydrogen) atoms. The molecule has 1 heteroatoms. The molecule has 0 amide bonds. The second-order valence-electron chi connectivity index (χ2n) is 2.92. The summed E-state index contributed by atoms with van der Waals surface area (Å²) in [5.74, 6) is 0.635. The van der Waals surface area contributed by atoms with Gasteiger partial charge in [0.2, 0.25) is 0 Å². The van der Waals surface area contributed by atoms with Gasteiger partial charge >= 0.3 is 0 Å². The predicted octanol–water partition coefficient (Wildman–Crippen LogP) is 1.94. The first kappa shape index (κ1) is 8.70. The van der Waals surface area contributed by atoms with Gasteiger partial charge in [0.1, 0.15) is 0 Å². The fourth-order valence-electron chi connectivity index (χ4n) is 0.607. The van der Waals surface area contributed by atoms with Crippen molar-refractivity contribution < 1.29 is 0 Å². The average molecular weight is 127 g/mol. The molecule has 0 aliphatic rings. The van der Waals surface area contributed by atoms with Gasteiger partial charge in [0.25, 0.3) is 0 Å². The Morgan fingerprint density at radius 3 is 1.89 bits per heavy atom. The lowest BCUT2D eigenvalue weighted by Gasteiger charge is -2.05. The lowest BCUT2D eigenvalue weighted by atomic mass is 10.0. The molecular formula is C8H17N. The van der Waals surface area contributed by atoms with Gasteiger partial charge in [-0.2, -0.15) is 0 Å². The molecule has 0 rings (SSSR count). The standard InChI is InChI=1S/C8H17N/c1-6(2)7(3)5-8(4)9/h5-6,8H,9H2,1-4H3/b7-5+. The van der Waals surface area contributed by atoms with Crippen LogP contribution in [0.3, 0.4) is 0 Å². The van der Waals surface area contributed by atoms with Gasteiger partial charge in [0.15, 0.2) is 0 Å². The topological polar surface area (TPSA) is 26.0 Å².